The van der Waals surface area contributed by atoms with Crippen LogP contribution in [-0.4, -0.2) is 57.5 Å². The van der Waals surface area contributed by atoms with Gasteiger partial charge in [0.2, 0.25) is 11.8 Å². The monoisotopic (exact) mass is 1420 g/mol. The van der Waals surface area contributed by atoms with Crippen molar-refractivity contribution in [3.05, 3.63) is 328 Å². The number of amides is 1. The highest BCUT2D eigenvalue weighted by molar-refractivity contribution is 9.10. The highest BCUT2D eigenvalue weighted by Gasteiger charge is 2.23. The van der Waals surface area contributed by atoms with Crippen LogP contribution in [-0.2, 0) is 4.79 Å². The van der Waals surface area contributed by atoms with Crippen molar-refractivity contribution in [2.24, 2.45) is 0 Å². The summed E-state index contributed by atoms with van der Waals surface area (Å²) in [6.07, 6.45) is 12.2. The Labute approximate surface area is 593 Å². The van der Waals surface area contributed by atoms with Crippen molar-refractivity contribution in [2.45, 2.75) is 13.8 Å². The average molecular weight is 1420 g/mol. The number of rotatable bonds is 11. The molecular formula is C77H56BrN13O7S2. The molecule has 0 saturated carbocycles. The van der Waals surface area contributed by atoms with Crippen molar-refractivity contribution < 1.29 is 33.6 Å². The molecule has 0 radical (unpaired) electrons. The first-order valence-electron chi connectivity index (χ1n) is 29.4. The number of fused-ring (bicyclic) bond motifs is 2. The number of ether oxygens (including phenoxy) is 4. The van der Waals surface area contributed by atoms with Crippen molar-refractivity contribution in [1.82, 2.24) is 27.5 Å². The van der Waals surface area contributed by atoms with Gasteiger partial charge < -0.3 is 35.1 Å². The van der Waals surface area contributed by atoms with Gasteiger partial charge in [-0.3, -0.25) is 18.4 Å². The summed E-state index contributed by atoms with van der Waals surface area (Å²) in [5.74, 6) is 10.7. The number of anilines is 2. The Hall–Kier alpha value is -13.8. The number of ketones is 1. The Morgan fingerprint density at radius 2 is 1.12 bits per heavy atom. The molecule has 100 heavy (non-hydrogen) atoms. The van der Waals surface area contributed by atoms with E-state index in [1.54, 1.807) is 156 Å². The smallest absolute Gasteiger partial charge is 0.297 e. The maximum Gasteiger partial charge on any atom is 0.297 e. The Morgan fingerprint density at radius 1 is 0.600 bits per heavy atom. The van der Waals surface area contributed by atoms with Crippen molar-refractivity contribution in [1.29, 1.82) is 5.26 Å². The molecule has 20 nitrogen and oxygen atoms in total. The number of aryl methyl sites for hydroxylation is 2. The van der Waals surface area contributed by atoms with E-state index in [1.807, 2.05) is 103 Å². The highest BCUT2D eigenvalue weighted by Crippen LogP contribution is 2.30. The van der Waals surface area contributed by atoms with Crippen molar-refractivity contribution in [3.63, 3.8) is 0 Å². The van der Waals surface area contributed by atoms with Gasteiger partial charge in [-0.15, -0.1) is 6.42 Å². The standard InChI is InChI=1S/C21H14N4O3S.2C15H10N2O.C10H7NO.C7H5NO.C5H4BrN.C4H6N2S/c1-13-10-18(29-24-13)23-21(27)20(26)16-11-19(25-9-3-2-4-17(16)25)28-15-7-5-14(12-22)6-8-15;1-16-12-5-8-14(9-6-12)18-15-10-7-13-4-2-3-11-17(13)15;1-16-13-7-9-15(10-8-13)18-12-4-6-14-5-2-3-11-17-14;1-3-8-12-10-6-4-9(11-2)5-7-10;1-8-6-2-4-7(9)5-3-6;6-5-3-1-2-4-7-5;1-3-2-4(5)7-6-3/h2-11H,1H3,(H,23,27);2-11H;2-3,5,7-11H,12H2;1,4-7H,8H2;2-5,9H;1-4H;2H,5H2,1H3. The second-order valence-electron chi connectivity index (χ2n) is 19.7. The van der Waals surface area contributed by atoms with E-state index >= 15 is 0 Å². The number of phenols is 1. The zero-order valence-corrected chi connectivity index (χ0v) is 56.5. The van der Waals surface area contributed by atoms with Crippen LogP contribution in [0.15, 0.2) is 254 Å². The number of phenolic OH excluding ortho intramolecular Hbond substituents is 1. The minimum absolute atomic E-state index is 0.197. The minimum atomic E-state index is -0.741. The van der Waals surface area contributed by atoms with E-state index in [-0.39, 0.29) is 17.9 Å². The van der Waals surface area contributed by atoms with Crippen molar-refractivity contribution >= 4 is 94.5 Å². The van der Waals surface area contributed by atoms with Crippen LogP contribution in [0.2, 0.25) is 0 Å². The van der Waals surface area contributed by atoms with Crippen molar-refractivity contribution in [2.75, 3.05) is 24.3 Å². The van der Waals surface area contributed by atoms with E-state index in [2.05, 4.69) is 77.1 Å². The normalized spacial score (nSPS) is 9.45. The Morgan fingerprint density at radius 3 is 1.61 bits per heavy atom. The van der Waals surface area contributed by atoms with Gasteiger partial charge in [-0.05, 0) is 198 Å². The molecule has 13 rings (SSSR count). The van der Waals surface area contributed by atoms with Crippen LogP contribution < -0.4 is 30.0 Å². The molecule has 0 saturated heterocycles. The third-order valence-corrected chi connectivity index (χ3v) is 14.5. The Kier molecular flexibility index (Phi) is 29.3. The summed E-state index contributed by atoms with van der Waals surface area (Å²) in [5.41, 5.74) is 12.6. The SMILES string of the molecule is Brc1ccccn1.Cc1cc(N)sn1.Cc1cc(NC(=O)C(=O)c2cc(Oc3ccc(C#N)cc3)n3ccccc23)sn1.[C-]#[N+]c1ccc(O)cc1.[C-]#[N+]c1ccc(OCC#C)cc1.[C-]#[N+]c1ccc(OCC#Cc2ccccn2)cc1.[C-]#[N+]c1ccc(Oc2ccc3ccccn23)cc1. The second-order valence-corrected chi connectivity index (χ2v) is 22.2. The summed E-state index contributed by atoms with van der Waals surface area (Å²) < 4.78 is 34.8. The number of nitrogens with two attached hydrogens (primary N) is 1. The molecule has 0 unspecified atom stereocenters. The number of terminal acetylenes is 1. The van der Waals surface area contributed by atoms with E-state index in [4.69, 9.17) is 67.8 Å². The second kappa shape index (κ2) is 39.8. The number of nitrogens with one attached hydrogen (secondary N) is 1. The Balaban J connectivity index is 0.000000174. The number of hydrogen-bond donors (Lipinski definition) is 3. The van der Waals surface area contributed by atoms with Gasteiger partial charge in [0.1, 0.15) is 62.3 Å². The van der Waals surface area contributed by atoms with E-state index in [1.165, 1.54) is 29.7 Å². The van der Waals surface area contributed by atoms with Crippen LogP contribution in [0.25, 0.3) is 30.4 Å². The molecule has 8 heterocycles. The third kappa shape index (κ3) is 24.5. The number of carbonyl (C=O) groups is 2. The number of carbonyl (C=O) groups excluding carboxylic acids is 2. The van der Waals surface area contributed by atoms with E-state index < -0.39 is 11.7 Å². The molecule has 4 N–H and O–H groups in total. The molecule has 0 spiro atoms. The number of Topliss-reactive ketones (excluding diaryl/α,β-unsaturated/α-hetero) is 1. The van der Waals surface area contributed by atoms with Gasteiger partial charge in [0.15, 0.2) is 22.7 Å². The first-order valence-corrected chi connectivity index (χ1v) is 31.8. The van der Waals surface area contributed by atoms with Crippen molar-refractivity contribution in [3.8, 4) is 70.8 Å². The predicted molar refractivity (Wildman–Crippen MR) is 393 cm³/mol. The molecule has 13 aromatic rings. The summed E-state index contributed by atoms with van der Waals surface area (Å²) >= 11 is 5.65. The lowest BCUT2D eigenvalue weighted by molar-refractivity contribution is -0.112. The number of nitrogen functional groups attached to an aromatic ring is 1. The van der Waals surface area contributed by atoms with E-state index in [0.29, 0.717) is 68.6 Å². The maximum atomic E-state index is 12.8. The van der Waals surface area contributed by atoms with Crippen LogP contribution in [0.3, 0.4) is 0 Å². The number of hydrogen-bond acceptors (Lipinski definition) is 15. The topological polar surface area (TPSA) is 231 Å². The summed E-state index contributed by atoms with van der Waals surface area (Å²) in [5, 5.41) is 21.5. The fraction of sp³-hybridized carbons (Fsp3) is 0.0519. The first kappa shape index (κ1) is 73.6. The van der Waals surface area contributed by atoms with E-state index in [0.717, 1.165) is 55.4 Å². The maximum absolute atomic E-state index is 12.8. The molecule has 23 heteroatoms. The predicted octanol–water partition coefficient (Wildman–Crippen LogP) is 18.6. The van der Waals surface area contributed by atoms with Crippen LogP contribution in [0.5, 0.6) is 40.5 Å². The lowest BCUT2D eigenvalue weighted by atomic mass is 10.1. The number of aromatic hydroxyl groups is 1. The lowest BCUT2D eigenvalue weighted by Gasteiger charge is -2.05. The number of nitrogens with zero attached hydrogens (tertiary/aromatic N) is 11. The number of benzene rings is 5. The molecule has 8 aromatic heterocycles. The van der Waals surface area contributed by atoms with Gasteiger partial charge in [0.05, 0.1) is 60.4 Å². The zero-order chi connectivity index (χ0) is 71.3. The van der Waals surface area contributed by atoms with Gasteiger partial charge in [0.25, 0.3) is 11.7 Å². The molecule has 0 atom stereocenters. The molecular weight excluding hydrogens is 1360 g/mol. The molecule has 5 aromatic carbocycles. The van der Waals surface area contributed by atoms with Gasteiger partial charge in [0, 0.05) is 42.4 Å². The summed E-state index contributed by atoms with van der Waals surface area (Å²) in [6, 6.07) is 67.3. The largest absolute Gasteiger partial charge is 0.508 e. The quantitative estimate of drug-likeness (QED) is 0.0360. The van der Waals surface area contributed by atoms with E-state index in [9.17, 15) is 9.59 Å². The fourth-order valence-electron chi connectivity index (χ4n) is 7.93. The third-order valence-electron chi connectivity index (χ3n) is 12.6. The van der Waals surface area contributed by atoms with Gasteiger partial charge in [-0.2, -0.15) is 14.0 Å². The van der Waals surface area contributed by atoms with Crippen LogP contribution in [0, 0.1) is 75.7 Å². The van der Waals surface area contributed by atoms with Crippen LogP contribution >= 0.6 is 39.0 Å². The fourth-order valence-corrected chi connectivity index (χ4v) is 9.38. The highest BCUT2D eigenvalue weighted by atomic mass is 79.9. The molecule has 490 valence electrons. The first-order chi connectivity index (χ1) is 48.7. The number of halogens is 1. The number of aromatic nitrogens is 6. The molecule has 0 aliphatic carbocycles. The molecule has 1 amide bonds. The van der Waals surface area contributed by atoms with Crippen LogP contribution in [0.1, 0.15) is 33.0 Å². The van der Waals surface area contributed by atoms with Gasteiger partial charge >= 0.3 is 0 Å². The summed E-state index contributed by atoms with van der Waals surface area (Å²) in [7, 11) is 0. The van der Waals surface area contributed by atoms with Gasteiger partial charge in [-0.1, -0.05) is 84.6 Å². The molecule has 0 aliphatic heterocycles. The minimum Gasteiger partial charge on any atom is -0.508 e. The molecule has 0 bridgehead atoms. The average Bonchev–Trinajstić information content (AvgIpc) is 1.64. The number of nitriles is 1. The van der Waals surface area contributed by atoms with Crippen LogP contribution in [0.4, 0.5) is 32.8 Å². The zero-order valence-electron chi connectivity index (χ0n) is 53.3. The van der Waals surface area contributed by atoms with Gasteiger partial charge in [-0.25, -0.2) is 29.3 Å². The summed E-state index contributed by atoms with van der Waals surface area (Å²) in [6.45, 7) is 31.3. The molecule has 0 aliphatic rings. The number of pyridine rings is 4. The Bertz CT molecular complexity index is 5100. The summed E-state index contributed by atoms with van der Waals surface area (Å²) in [4.78, 5) is 46.3. The lowest BCUT2D eigenvalue weighted by Crippen LogP contribution is -2.22. The molecule has 0 fully saturated rings.